The molecule has 0 aromatic heterocycles. The molecular formula is C24H35N7O5. The first-order valence-electron chi connectivity index (χ1n) is 12.1. The molecule has 0 bridgehead atoms. The van der Waals surface area contributed by atoms with Gasteiger partial charge in [-0.1, -0.05) is 30.3 Å². The Balaban J connectivity index is 1.69. The van der Waals surface area contributed by atoms with Gasteiger partial charge < -0.3 is 36.2 Å². The van der Waals surface area contributed by atoms with Crippen LogP contribution in [0.15, 0.2) is 30.3 Å². The molecule has 2 atom stereocenters. The molecule has 0 radical (unpaired) electrons. The fourth-order valence-electron chi connectivity index (χ4n) is 4.32. The van der Waals surface area contributed by atoms with Gasteiger partial charge in [0.15, 0.2) is 5.96 Å². The van der Waals surface area contributed by atoms with Crippen LogP contribution in [0, 0.1) is 5.41 Å². The maximum Gasteiger partial charge on any atom is 0.323 e. The van der Waals surface area contributed by atoms with Crippen LogP contribution in [0.2, 0.25) is 0 Å². The first kappa shape index (κ1) is 26.8. The van der Waals surface area contributed by atoms with E-state index in [2.05, 4.69) is 10.6 Å². The van der Waals surface area contributed by atoms with E-state index in [9.17, 15) is 24.3 Å². The van der Waals surface area contributed by atoms with Crippen molar-refractivity contribution in [2.75, 3.05) is 26.7 Å². The Morgan fingerprint density at radius 3 is 2.47 bits per heavy atom. The number of carboxylic acid groups (broad SMARTS) is 1. The molecule has 3 rings (SSSR count). The number of piperidine rings is 1. The van der Waals surface area contributed by atoms with Crippen LogP contribution < -0.4 is 16.4 Å². The standard InChI is InChI=1S/C24H35N7O5/c1-29(18-8-5-11-30(14-18)23(25)26)20(32)12-19(22(35)31(15-21(33)34)17-9-10-17)28-24(36)27-13-16-6-3-2-4-7-16/h2-4,6-7,17-19H,5,8-15H2,1H3,(H3,25,26)(H,33,34)(H2,27,28,36)/t18-,19-/m0/s1. The summed E-state index contributed by atoms with van der Waals surface area (Å²) < 4.78 is 0. The molecule has 12 heteroatoms. The van der Waals surface area contributed by atoms with Crippen LogP contribution in [0.4, 0.5) is 4.79 Å². The third kappa shape index (κ3) is 7.59. The Kier molecular flexibility index (Phi) is 9.09. The van der Waals surface area contributed by atoms with Gasteiger partial charge in [-0.15, -0.1) is 0 Å². The minimum atomic E-state index is -1.22. The Bertz CT molecular complexity index is 969. The molecule has 12 nitrogen and oxygen atoms in total. The number of rotatable bonds is 10. The summed E-state index contributed by atoms with van der Waals surface area (Å²) in [5.74, 6) is -2.17. The number of likely N-dealkylation sites (tertiary alicyclic amines) is 1. The second-order valence-electron chi connectivity index (χ2n) is 9.29. The number of hydrogen-bond donors (Lipinski definition) is 5. The molecule has 1 heterocycles. The van der Waals surface area contributed by atoms with Crippen molar-refractivity contribution in [3.63, 3.8) is 0 Å². The van der Waals surface area contributed by atoms with Crippen LogP contribution in [-0.4, -0.2) is 94.4 Å². The van der Waals surface area contributed by atoms with E-state index >= 15 is 0 Å². The zero-order valence-electron chi connectivity index (χ0n) is 20.5. The van der Waals surface area contributed by atoms with Gasteiger partial charge in [-0.25, -0.2) is 4.79 Å². The number of nitrogens with zero attached hydrogens (tertiary/aromatic N) is 3. The Labute approximate surface area is 210 Å². The van der Waals surface area contributed by atoms with Crippen molar-refractivity contribution >= 4 is 29.8 Å². The van der Waals surface area contributed by atoms with E-state index in [1.807, 2.05) is 30.3 Å². The van der Waals surface area contributed by atoms with Crippen molar-refractivity contribution < 1.29 is 24.3 Å². The highest BCUT2D eigenvalue weighted by Gasteiger charge is 2.39. The van der Waals surface area contributed by atoms with E-state index in [0.29, 0.717) is 25.9 Å². The van der Waals surface area contributed by atoms with Crippen molar-refractivity contribution in [3.05, 3.63) is 35.9 Å². The van der Waals surface area contributed by atoms with Crippen molar-refractivity contribution in [1.82, 2.24) is 25.3 Å². The number of carbonyl (C=O) groups excluding carboxylic acids is 3. The number of carboxylic acids is 1. The summed E-state index contributed by atoms with van der Waals surface area (Å²) in [6.07, 6.45) is 2.54. The lowest BCUT2D eigenvalue weighted by Gasteiger charge is -2.38. The van der Waals surface area contributed by atoms with Crippen LogP contribution in [0.25, 0.3) is 0 Å². The van der Waals surface area contributed by atoms with Gasteiger partial charge in [0.05, 0.1) is 6.42 Å². The fraction of sp³-hybridized carbons (Fsp3) is 0.542. The summed E-state index contributed by atoms with van der Waals surface area (Å²) in [4.78, 5) is 55.0. The highest BCUT2D eigenvalue weighted by Crippen LogP contribution is 2.27. The monoisotopic (exact) mass is 501 g/mol. The minimum Gasteiger partial charge on any atom is -0.480 e. The van der Waals surface area contributed by atoms with Crippen LogP contribution in [0.5, 0.6) is 0 Å². The van der Waals surface area contributed by atoms with Crippen molar-refractivity contribution in [1.29, 1.82) is 5.41 Å². The van der Waals surface area contributed by atoms with Gasteiger partial charge in [0.25, 0.3) is 0 Å². The summed E-state index contributed by atoms with van der Waals surface area (Å²) in [5, 5.41) is 22.2. The number of hydrogen-bond acceptors (Lipinski definition) is 5. The molecule has 0 unspecified atom stereocenters. The molecule has 1 aromatic rings. The highest BCUT2D eigenvalue weighted by atomic mass is 16.4. The lowest BCUT2D eigenvalue weighted by Crippen LogP contribution is -2.56. The predicted octanol–water partition coefficient (Wildman–Crippen LogP) is 0.136. The number of urea groups is 1. The molecule has 0 spiro atoms. The van der Waals surface area contributed by atoms with Crippen molar-refractivity contribution in [2.45, 2.75) is 56.8 Å². The first-order valence-corrected chi connectivity index (χ1v) is 12.1. The summed E-state index contributed by atoms with van der Waals surface area (Å²) in [6, 6.07) is 6.98. The summed E-state index contributed by atoms with van der Waals surface area (Å²) >= 11 is 0. The Hall–Kier alpha value is -3.83. The second kappa shape index (κ2) is 12.2. The maximum atomic E-state index is 13.3. The predicted molar refractivity (Wildman–Crippen MR) is 132 cm³/mol. The van der Waals surface area contributed by atoms with Gasteiger partial charge in [-0.2, -0.15) is 0 Å². The van der Waals surface area contributed by atoms with E-state index in [-0.39, 0.29) is 36.9 Å². The number of guanidine groups is 1. The first-order chi connectivity index (χ1) is 17.2. The van der Waals surface area contributed by atoms with Gasteiger partial charge in [0.2, 0.25) is 11.8 Å². The van der Waals surface area contributed by atoms with E-state index < -0.39 is 30.5 Å². The van der Waals surface area contributed by atoms with Crippen LogP contribution >= 0.6 is 0 Å². The summed E-state index contributed by atoms with van der Waals surface area (Å²) in [7, 11) is 1.63. The number of likely N-dealkylation sites (N-methyl/N-ethyl adjacent to an activating group) is 1. The largest absolute Gasteiger partial charge is 0.480 e. The zero-order chi connectivity index (χ0) is 26.2. The fourth-order valence-corrected chi connectivity index (χ4v) is 4.32. The molecule has 2 aliphatic rings. The molecule has 36 heavy (non-hydrogen) atoms. The quantitative estimate of drug-likeness (QED) is 0.224. The normalized spacial score (nSPS) is 18.0. The van der Waals surface area contributed by atoms with Gasteiger partial charge in [0, 0.05) is 38.8 Å². The molecule has 1 aliphatic carbocycles. The van der Waals surface area contributed by atoms with E-state index in [0.717, 1.165) is 18.4 Å². The zero-order valence-corrected chi connectivity index (χ0v) is 20.5. The van der Waals surface area contributed by atoms with E-state index in [1.165, 1.54) is 9.80 Å². The maximum absolute atomic E-state index is 13.3. The minimum absolute atomic E-state index is 0.0564. The SMILES string of the molecule is CN(C(=O)C[C@H](NC(=O)NCc1ccccc1)C(=O)N(CC(=O)O)C1CC1)[C@H]1CCCN(C(=N)N)C1. The number of nitrogens with one attached hydrogen (secondary N) is 3. The molecule has 1 aromatic carbocycles. The average molecular weight is 502 g/mol. The van der Waals surface area contributed by atoms with E-state index in [4.69, 9.17) is 11.1 Å². The van der Waals surface area contributed by atoms with Crippen molar-refractivity contribution in [3.8, 4) is 0 Å². The van der Waals surface area contributed by atoms with Gasteiger partial charge in [-0.05, 0) is 31.2 Å². The molecule has 196 valence electrons. The molecule has 1 aliphatic heterocycles. The Morgan fingerprint density at radius 1 is 1.17 bits per heavy atom. The van der Waals surface area contributed by atoms with Crippen molar-refractivity contribution in [2.24, 2.45) is 5.73 Å². The number of amides is 4. The lowest BCUT2D eigenvalue weighted by atomic mass is 10.0. The topological polar surface area (TPSA) is 172 Å². The smallest absolute Gasteiger partial charge is 0.323 e. The van der Waals surface area contributed by atoms with Crippen LogP contribution in [0.1, 0.15) is 37.7 Å². The summed E-state index contributed by atoms with van der Waals surface area (Å²) in [5.41, 5.74) is 6.48. The molecule has 1 saturated heterocycles. The highest BCUT2D eigenvalue weighted by molar-refractivity contribution is 5.93. The van der Waals surface area contributed by atoms with Gasteiger partial charge in [0.1, 0.15) is 12.6 Å². The average Bonchev–Trinajstić information content (AvgIpc) is 3.70. The third-order valence-electron chi connectivity index (χ3n) is 6.53. The molecule has 4 amide bonds. The molecule has 6 N–H and O–H groups in total. The number of nitrogens with two attached hydrogens (primary N) is 1. The molecule has 1 saturated carbocycles. The molecule has 2 fully saturated rings. The van der Waals surface area contributed by atoms with Crippen LogP contribution in [0.3, 0.4) is 0 Å². The number of carbonyl (C=O) groups is 4. The second-order valence-corrected chi connectivity index (χ2v) is 9.29. The summed E-state index contributed by atoms with van der Waals surface area (Å²) in [6.45, 7) is 0.789. The van der Waals surface area contributed by atoms with Crippen LogP contribution in [-0.2, 0) is 20.9 Å². The third-order valence-corrected chi connectivity index (χ3v) is 6.53. The number of benzene rings is 1. The Morgan fingerprint density at radius 2 is 1.86 bits per heavy atom. The number of aliphatic carboxylic acids is 1. The van der Waals surface area contributed by atoms with E-state index in [1.54, 1.807) is 11.9 Å². The van der Waals surface area contributed by atoms with Gasteiger partial charge >= 0.3 is 12.0 Å². The van der Waals surface area contributed by atoms with Gasteiger partial charge in [-0.3, -0.25) is 19.8 Å². The lowest BCUT2D eigenvalue weighted by molar-refractivity contribution is -0.146. The molecular weight excluding hydrogens is 466 g/mol.